The number of hydrogen-bond acceptors (Lipinski definition) is 3. The third kappa shape index (κ3) is 3.04. The molecule has 0 saturated carbocycles. The molecule has 0 spiro atoms. The second-order valence-corrected chi connectivity index (χ2v) is 3.96. The lowest BCUT2D eigenvalue weighted by atomic mass is 10.3. The van der Waals surface area contributed by atoms with Crippen LogP contribution in [-0.4, -0.2) is 20.7 Å². The molecule has 88 valence electrons. The van der Waals surface area contributed by atoms with Crippen LogP contribution in [0.4, 0.5) is 5.69 Å². The maximum Gasteiger partial charge on any atom is 0.246 e. The van der Waals surface area contributed by atoms with Crippen LogP contribution in [0.15, 0.2) is 30.7 Å². The highest BCUT2D eigenvalue weighted by molar-refractivity contribution is 6.32. The first kappa shape index (κ1) is 11.6. The lowest BCUT2D eigenvalue weighted by Gasteiger charge is -2.07. The van der Waals surface area contributed by atoms with E-state index in [2.05, 4.69) is 15.4 Å². The van der Waals surface area contributed by atoms with E-state index in [0.717, 1.165) is 5.56 Å². The largest absolute Gasteiger partial charge is 0.322 e. The SMILES string of the molecule is Cc1cnc(Cl)c(NC(=O)Cn2cccn2)c1. The van der Waals surface area contributed by atoms with Crippen LogP contribution in [0.3, 0.4) is 0 Å². The minimum Gasteiger partial charge on any atom is -0.322 e. The number of halogens is 1. The van der Waals surface area contributed by atoms with Crippen molar-refractivity contribution in [1.82, 2.24) is 14.8 Å². The molecule has 2 aromatic heterocycles. The van der Waals surface area contributed by atoms with Gasteiger partial charge < -0.3 is 5.32 Å². The van der Waals surface area contributed by atoms with Crippen molar-refractivity contribution in [1.29, 1.82) is 0 Å². The highest BCUT2D eigenvalue weighted by Crippen LogP contribution is 2.19. The summed E-state index contributed by atoms with van der Waals surface area (Å²) in [5.41, 5.74) is 1.45. The monoisotopic (exact) mass is 250 g/mol. The van der Waals surface area contributed by atoms with Gasteiger partial charge in [0.1, 0.15) is 6.54 Å². The third-order valence-corrected chi connectivity index (χ3v) is 2.42. The average molecular weight is 251 g/mol. The van der Waals surface area contributed by atoms with Crippen molar-refractivity contribution in [3.63, 3.8) is 0 Å². The number of anilines is 1. The molecule has 0 aliphatic rings. The predicted molar refractivity (Wildman–Crippen MR) is 64.8 cm³/mol. The number of carbonyl (C=O) groups is 1. The predicted octanol–water partition coefficient (Wildman–Crippen LogP) is 1.88. The molecule has 2 aromatic rings. The molecule has 0 atom stereocenters. The molecule has 0 aromatic carbocycles. The summed E-state index contributed by atoms with van der Waals surface area (Å²) >= 11 is 5.87. The molecule has 2 rings (SSSR count). The maximum absolute atomic E-state index is 11.7. The zero-order chi connectivity index (χ0) is 12.3. The number of hydrogen-bond donors (Lipinski definition) is 1. The fourth-order valence-corrected chi connectivity index (χ4v) is 1.52. The van der Waals surface area contributed by atoms with Gasteiger partial charge in [0.15, 0.2) is 5.15 Å². The Balaban J connectivity index is 2.05. The van der Waals surface area contributed by atoms with Gasteiger partial charge in [-0.1, -0.05) is 11.6 Å². The Hall–Kier alpha value is -1.88. The van der Waals surface area contributed by atoms with Gasteiger partial charge in [0.2, 0.25) is 5.91 Å². The first-order valence-electron chi connectivity index (χ1n) is 5.04. The van der Waals surface area contributed by atoms with Gasteiger partial charge in [0, 0.05) is 18.6 Å². The molecule has 0 aliphatic heterocycles. The van der Waals surface area contributed by atoms with Crippen molar-refractivity contribution in [2.24, 2.45) is 0 Å². The van der Waals surface area contributed by atoms with E-state index >= 15 is 0 Å². The number of nitrogens with one attached hydrogen (secondary N) is 1. The standard InChI is InChI=1S/C11H11ClN4O/c1-8-5-9(11(12)13-6-8)15-10(17)7-16-4-2-3-14-16/h2-6H,7H2,1H3,(H,15,17). The summed E-state index contributed by atoms with van der Waals surface area (Å²) in [6.07, 6.45) is 4.98. The number of aromatic nitrogens is 3. The van der Waals surface area contributed by atoms with Crippen molar-refractivity contribution >= 4 is 23.2 Å². The minimum atomic E-state index is -0.192. The molecule has 1 amide bonds. The summed E-state index contributed by atoms with van der Waals surface area (Å²) in [5.74, 6) is -0.192. The van der Waals surface area contributed by atoms with Crippen LogP contribution in [0, 0.1) is 6.92 Å². The van der Waals surface area contributed by atoms with Gasteiger partial charge in [-0.25, -0.2) is 4.98 Å². The fraction of sp³-hybridized carbons (Fsp3) is 0.182. The smallest absolute Gasteiger partial charge is 0.246 e. The Morgan fingerprint density at radius 3 is 3.12 bits per heavy atom. The molecule has 0 radical (unpaired) electrons. The van der Waals surface area contributed by atoms with Crippen molar-refractivity contribution < 1.29 is 4.79 Å². The quantitative estimate of drug-likeness (QED) is 0.846. The lowest BCUT2D eigenvalue weighted by Crippen LogP contribution is -2.19. The molecule has 2 heterocycles. The van der Waals surface area contributed by atoms with Gasteiger partial charge in [-0.2, -0.15) is 5.10 Å². The number of rotatable bonds is 3. The highest BCUT2D eigenvalue weighted by Gasteiger charge is 2.07. The number of amides is 1. The first-order valence-corrected chi connectivity index (χ1v) is 5.42. The van der Waals surface area contributed by atoms with Gasteiger partial charge in [0.05, 0.1) is 5.69 Å². The van der Waals surface area contributed by atoms with E-state index in [1.54, 1.807) is 30.7 Å². The number of pyridine rings is 1. The van der Waals surface area contributed by atoms with Gasteiger partial charge in [0.25, 0.3) is 0 Å². The van der Waals surface area contributed by atoms with Crippen molar-refractivity contribution in [3.05, 3.63) is 41.4 Å². The van der Waals surface area contributed by atoms with Gasteiger partial charge in [-0.15, -0.1) is 0 Å². The molecule has 0 aliphatic carbocycles. The van der Waals surface area contributed by atoms with Crippen LogP contribution in [0.2, 0.25) is 5.15 Å². The van der Waals surface area contributed by atoms with Crippen LogP contribution in [-0.2, 0) is 11.3 Å². The van der Waals surface area contributed by atoms with E-state index < -0.39 is 0 Å². The molecule has 0 saturated heterocycles. The minimum absolute atomic E-state index is 0.150. The Morgan fingerprint density at radius 1 is 1.59 bits per heavy atom. The molecule has 1 N–H and O–H groups in total. The number of carbonyl (C=O) groups excluding carboxylic acids is 1. The first-order chi connectivity index (χ1) is 8.15. The molecule has 6 heteroatoms. The van der Waals surface area contributed by atoms with Gasteiger partial charge in [-0.05, 0) is 24.6 Å². The molecule has 17 heavy (non-hydrogen) atoms. The summed E-state index contributed by atoms with van der Waals surface area (Å²) < 4.78 is 1.53. The van der Waals surface area contributed by atoms with E-state index in [4.69, 9.17) is 11.6 Å². The second kappa shape index (κ2) is 4.97. The van der Waals surface area contributed by atoms with E-state index in [9.17, 15) is 4.79 Å². The fourth-order valence-electron chi connectivity index (χ4n) is 1.37. The van der Waals surface area contributed by atoms with Crippen LogP contribution < -0.4 is 5.32 Å². The zero-order valence-electron chi connectivity index (χ0n) is 9.22. The van der Waals surface area contributed by atoms with Crippen LogP contribution in [0.25, 0.3) is 0 Å². The average Bonchev–Trinajstić information content (AvgIpc) is 2.76. The molecule has 0 unspecified atom stereocenters. The number of aryl methyl sites for hydroxylation is 1. The number of nitrogens with zero attached hydrogens (tertiary/aromatic N) is 3. The lowest BCUT2D eigenvalue weighted by molar-refractivity contribution is -0.116. The summed E-state index contributed by atoms with van der Waals surface area (Å²) in [6.45, 7) is 2.03. The molecular weight excluding hydrogens is 240 g/mol. The Labute approximate surface area is 103 Å². The van der Waals surface area contributed by atoms with Crippen molar-refractivity contribution in [2.75, 3.05) is 5.32 Å². The second-order valence-electron chi connectivity index (χ2n) is 3.60. The van der Waals surface area contributed by atoms with Crippen LogP contribution in [0.5, 0.6) is 0 Å². The molecule has 5 nitrogen and oxygen atoms in total. The normalized spacial score (nSPS) is 10.2. The van der Waals surface area contributed by atoms with E-state index in [1.807, 2.05) is 6.92 Å². The van der Waals surface area contributed by atoms with Crippen LogP contribution in [0.1, 0.15) is 5.56 Å². The molecule has 0 bridgehead atoms. The third-order valence-electron chi connectivity index (χ3n) is 2.11. The molecule has 0 fully saturated rings. The Kier molecular flexibility index (Phi) is 3.39. The topological polar surface area (TPSA) is 59.8 Å². The van der Waals surface area contributed by atoms with Crippen molar-refractivity contribution in [3.8, 4) is 0 Å². The van der Waals surface area contributed by atoms with Crippen LogP contribution >= 0.6 is 11.6 Å². The maximum atomic E-state index is 11.7. The highest BCUT2D eigenvalue weighted by atomic mass is 35.5. The Bertz CT molecular complexity index is 524. The van der Waals surface area contributed by atoms with Gasteiger partial charge >= 0.3 is 0 Å². The van der Waals surface area contributed by atoms with E-state index in [1.165, 1.54) is 4.68 Å². The molecular formula is C11H11ClN4O. The summed E-state index contributed by atoms with van der Waals surface area (Å²) in [6, 6.07) is 3.53. The van der Waals surface area contributed by atoms with E-state index in [0.29, 0.717) is 5.69 Å². The van der Waals surface area contributed by atoms with Gasteiger partial charge in [-0.3, -0.25) is 9.48 Å². The Morgan fingerprint density at radius 2 is 2.41 bits per heavy atom. The zero-order valence-corrected chi connectivity index (χ0v) is 9.98. The van der Waals surface area contributed by atoms with E-state index in [-0.39, 0.29) is 17.6 Å². The van der Waals surface area contributed by atoms with Crippen molar-refractivity contribution in [2.45, 2.75) is 13.5 Å². The summed E-state index contributed by atoms with van der Waals surface area (Å²) in [4.78, 5) is 15.6. The summed E-state index contributed by atoms with van der Waals surface area (Å²) in [5, 5.41) is 6.92. The summed E-state index contributed by atoms with van der Waals surface area (Å²) in [7, 11) is 0.